The summed E-state index contributed by atoms with van der Waals surface area (Å²) in [4.78, 5) is 0. The summed E-state index contributed by atoms with van der Waals surface area (Å²) in [5.74, 6) is -2.05. The van der Waals surface area contributed by atoms with E-state index in [1.807, 2.05) is 0 Å². The zero-order valence-electron chi connectivity index (χ0n) is 11.8. The SMILES string of the molecule is CS(=O)(=O)Nc1ccc(C=NO)cc1Oc1ccc(F)cc1F. The molecular weight excluding hydrogens is 330 g/mol. The lowest BCUT2D eigenvalue weighted by Crippen LogP contribution is -2.10. The first-order valence-electron chi connectivity index (χ1n) is 6.20. The van der Waals surface area contributed by atoms with E-state index in [4.69, 9.17) is 9.94 Å². The fourth-order valence-corrected chi connectivity index (χ4v) is 2.30. The van der Waals surface area contributed by atoms with E-state index in [-0.39, 0.29) is 17.2 Å². The lowest BCUT2D eigenvalue weighted by molar-refractivity contribution is 0.322. The Morgan fingerprint density at radius 3 is 2.52 bits per heavy atom. The highest BCUT2D eigenvalue weighted by atomic mass is 32.2. The Kier molecular flexibility index (Phi) is 4.80. The summed E-state index contributed by atoms with van der Waals surface area (Å²) in [6, 6.07) is 6.85. The van der Waals surface area contributed by atoms with Crippen LogP contribution >= 0.6 is 0 Å². The molecule has 0 aromatic heterocycles. The van der Waals surface area contributed by atoms with E-state index in [9.17, 15) is 17.2 Å². The Labute approximate surface area is 131 Å². The number of halogens is 2. The van der Waals surface area contributed by atoms with E-state index in [0.717, 1.165) is 24.6 Å². The van der Waals surface area contributed by atoms with Crippen LogP contribution in [0.15, 0.2) is 41.6 Å². The third-order valence-electron chi connectivity index (χ3n) is 2.62. The summed E-state index contributed by atoms with van der Waals surface area (Å²) in [5.41, 5.74) is 0.426. The van der Waals surface area contributed by atoms with E-state index < -0.39 is 21.7 Å². The van der Waals surface area contributed by atoms with Gasteiger partial charge in [-0.25, -0.2) is 17.2 Å². The number of ether oxygens (including phenoxy) is 1. The lowest BCUT2D eigenvalue weighted by atomic mass is 10.2. The van der Waals surface area contributed by atoms with Gasteiger partial charge in [-0.2, -0.15) is 0 Å². The van der Waals surface area contributed by atoms with Crippen molar-refractivity contribution in [2.45, 2.75) is 0 Å². The minimum Gasteiger partial charge on any atom is -0.452 e. The number of hydrogen-bond acceptors (Lipinski definition) is 5. The molecule has 0 fully saturated rings. The highest BCUT2D eigenvalue weighted by Gasteiger charge is 2.13. The first kappa shape index (κ1) is 16.7. The molecular formula is C14H12F2N2O4S. The van der Waals surface area contributed by atoms with Gasteiger partial charge in [-0.3, -0.25) is 4.72 Å². The third kappa shape index (κ3) is 4.65. The number of oxime groups is 1. The third-order valence-corrected chi connectivity index (χ3v) is 3.21. The first-order chi connectivity index (χ1) is 10.8. The summed E-state index contributed by atoms with van der Waals surface area (Å²) in [7, 11) is -3.60. The van der Waals surface area contributed by atoms with Crippen LogP contribution < -0.4 is 9.46 Å². The standard InChI is InChI=1S/C14H12F2N2O4S/c1-23(20,21)18-12-4-2-9(8-17-19)6-14(12)22-13-5-3-10(15)7-11(13)16/h2-8,18-19H,1H3. The number of nitrogens with zero attached hydrogens (tertiary/aromatic N) is 1. The fraction of sp³-hybridized carbons (Fsp3) is 0.0714. The van der Waals surface area contributed by atoms with Crippen molar-refractivity contribution in [3.63, 3.8) is 0 Å². The van der Waals surface area contributed by atoms with Crippen molar-refractivity contribution in [2.24, 2.45) is 5.16 Å². The molecule has 0 aliphatic heterocycles. The largest absolute Gasteiger partial charge is 0.452 e. The van der Waals surface area contributed by atoms with Crippen molar-refractivity contribution in [1.82, 2.24) is 0 Å². The molecule has 23 heavy (non-hydrogen) atoms. The summed E-state index contributed by atoms with van der Waals surface area (Å²) >= 11 is 0. The second-order valence-electron chi connectivity index (χ2n) is 4.55. The van der Waals surface area contributed by atoms with E-state index in [0.29, 0.717) is 11.6 Å². The molecule has 9 heteroatoms. The van der Waals surface area contributed by atoms with E-state index in [2.05, 4.69) is 9.88 Å². The van der Waals surface area contributed by atoms with Crippen molar-refractivity contribution in [3.05, 3.63) is 53.6 Å². The summed E-state index contributed by atoms with van der Waals surface area (Å²) in [5, 5.41) is 11.4. The Balaban J connectivity index is 2.46. The van der Waals surface area contributed by atoms with Gasteiger partial charge < -0.3 is 9.94 Å². The van der Waals surface area contributed by atoms with Crippen LogP contribution in [0, 0.1) is 11.6 Å². The molecule has 0 amide bonds. The monoisotopic (exact) mass is 342 g/mol. The molecule has 2 N–H and O–H groups in total. The number of hydrogen-bond donors (Lipinski definition) is 2. The maximum atomic E-state index is 13.7. The molecule has 0 bridgehead atoms. The number of anilines is 1. The molecule has 0 saturated heterocycles. The summed E-state index contributed by atoms with van der Waals surface area (Å²) < 4.78 is 56.9. The van der Waals surface area contributed by atoms with Crippen molar-refractivity contribution in [3.8, 4) is 11.5 Å². The average Bonchev–Trinajstić information content (AvgIpc) is 2.43. The van der Waals surface area contributed by atoms with Gasteiger partial charge in [0, 0.05) is 6.07 Å². The highest BCUT2D eigenvalue weighted by Crippen LogP contribution is 2.32. The van der Waals surface area contributed by atoms with Crippen LogP contribution in [0.4, 0.5) is 14.5 Å². The molecule has 0 atom stereocenters. The number of nitrogens with one attached hydrogen (secondary N) is 1. The zero-order chi connectivity index (χ0) is 17.0. The molecule has 0 spiro atoms. The van der Waals surface area contributed by atoms with Crippen molar-refractivity contribution in [1.29, 1.82) is 0 Å². The average molecular weight is 342 g/mol. The molecule has 0 unspecified atom stereocenters. The highest BCUT2D eigenvalue weighted by molar-refractivity contribution is 7.92. The van der Waals surface area contributed by atoms with Crippen molar-refractivity contribution < 1.29 is 27.1 Å². The zero-order valence-corrected chi connectivity index (χ0v) is 12.6. The second-order valence-corrected chi connectivity index (χ2v) is 6.30. The number of benzene rings is 2. The quantitative estimate of drug-likeness (QED) is 0.497. The maximum absolute atomic E-state index is 13.7. The van der Waals surface area contributed by atoms with Crippen LogP contribution in [-0.4, -0.2) is 26.1 Å². The van der Waals surface area contributed by atoms with E-state index in [1.165, 1.54) is 18.2 Å². The smallest absolute Gasteiger partial charge is 0.229 e. The van der Waals surface area contributed by atoms with Gasteiger partial charge in [-0.1, -0.05) is 11.2 Å². The van der Waals surface area contributed by atoms with Gasteiger partial charge in [-0.05, 0) is 29.8 Å². The number of rotatable bonds is 5. The predicted octanol–water partition coefficient (Wildman–Crippen LogP) is 2.94. The molecule has 0 radical (unpaired) electrons. The predicted molar refractivity (Wildman–Crippen MR) is 80.7 cm³/mol. The van der Waals surface area contributed by atoms with Crippen molar-refractivity contribution in [2.75, 3.05) is 11.0 Å². The molecule has 2 aromatic rings. The van der Waals surface area contributed by atoms with Gasteiger partial charge in [0.25, 0.3) is 0 Å². The van der Waals surface area contributed by atoms with Gasteiger partial charge in [0.2, 0.25) is 10.0 Å². The van der Waals surface area contributed by atoms with Crippen LogP contribution in [-0.2, 0) is 10.0 Å². The molecule has 6 nitrogen and oxygen atoms in total. The minimum absolute atomic E-state index is 0.0432. The molecule has 2 rings (SSSR count). The number of sulfonamides is 1. The summed E-state index contributed by atoms with van der Waals surface area (Å²) in [6.07, 6.45) is 2.02. The van der Waals surface area contributed by atoms with Crippen molar-refractivity contribution >= 4 is 21.9 Å². The molecule has 0 heterocycles. The Morgan fingerprint density at radius 1 is 1.17 bits per heavy atom. The lowest BCUT2D eigenvalue weighted by Gasteiger charge is -2.13. The molecule has 0 saturated carbocycles. The van der Waals surface area contributed by atoms with Gasteiger partial charge in [0.15, 0.2) is 17.3 Å². The van der Waals surface area contributed by atoms with Gasteiger partial charge in [-0.15, -0.1) is 0 Å². The topological polar surface area (TPSA) is 88.0 Å². The molecule has 0 aliphatic rings. The molecule has 122 valence electrons. The van der Waals surface area contributed by atoms with Crippen LogP contribution in [0.2, 0.25) is 0 Å². The normalized spacial score (nSPS) is 11.6. The van der Waals surface area contributed by atoms with Crippen LogP contribution in [0.25, 0.3) is 0 Å². The fourth-order valence-electron chi connectivity index (χ4n) is 1.73. The van der Waals surface area contributed by atoms with Crippen LogP contribution in [0.5, 0.6) is 11.5 Å². The maximum Gasteiger partial charge on any atom is 0.229 e. The van der Waals surface area contributed by atoms with Gasteiger partial charge in [0.1, 0.15) is 5.82 Å². The first-order valence-corrected chi connectivity index (χ1v) is 8.10. The molecule has 0 aliphatic carbocycles. The molecule has 2 aromatic carbocycles. The van der Waals surface area contributed by atoms with E-state index in [1.54, 1.807) is 0 Å². The van der Waals surface area contributed by atoms with Gasteiger partial charge in [0.05, 0.1) is 18.2 Å². The van der Waals surface area contributed by atoms with Crippen LogP contribution in [0.3, 0.4) is 0 Å². The summed E-state index contributed by atoms with van der Waals surface area (Å²) in [6.45, 7) is 0. The van der Waals surface area contributed by atoms with Crippen LogP contribution in [0.1, 0.15) is 5.56 Å². The van der Waals surface area contributed by atoms with Gasteiger partial charge >= 0.3 is 0 Å². The Bertz CT molecular complexity index is 854. The minimum atomic E-state index is -3.60. The second kappa shape index (κ2) is 6.61. The Hall–Kier alpha value is -2.68. The Morgan fingerprint density at radius 2 is 1.91 bits per heavy atom. The van der Waals surface area contributed by atoms with E-state index >= 15 is 0 Å².